The third-order valence-corrected chi connectivity index (χ3v) is 4.69. The number of fused-ring (bicyclic) bond motifs is 2. The first-order valence-electron chi connectivity index (χ1n) is 8.30. The van der Waals surface area contributed by atoms with Gasteiger partial charge in [-0.3, -0.25) is 0 Å². The summed E-state index contributed by atoms with van der Waals surface area (Å²) in [6.45, 7) is 0. The van der Waals surface area contributed by atoms with Gasteiger partial charge in [-0.25, -0.2) is 9.31 Å². The van der Waals surface area contributed by atoms with Crippen LogP contribution in [0.25, 0.3) is 16.3 Å². The molecule has 0 saturated heterocycles. The molecule has 3 heterocycles. The van der Waals surface area contributed by atoms with E-state index in [2.05, 4.69) is 11.2 Å². The predicted molar refractivity (Wildman–Crippen MR) is 99.5 cm³/mol. The van der Waals surface area contributed by atoms with E-state index in [0.29, 0.717) is 27.9 Å². The first-order chi connectivity index (χ1) is 13.2. The molecular weight excluding hydrogens is 340 g/mol. The van der Waals surface area contributed by atoms with Crippen LogP contribution in [0.5, 0.6) is 0 Å². The van der Waals surface area contributed by atoms with Crippen LogP contribution in [0.3, 0.4) is 0 Å². The Kier molecular flexibility index (Phi) is 3.71. The molecule has 0 amide bonds. The lowest BCUT2D eigenvalue weighted by Crippen LogP contribution is -2.12. The van der Waals surface area contributed by atoms with Crippen LogP contribution in [0.15, 0.2) is 21.3 Å². The summed E-state index contributed by atoms with van der Waals surface area (Å²) in [6, 6.07) is 5.70. The van der Waals surface area contributed by atoms with Crippen LogP contribution in [0.2, 0.25) is 0 Å². The Labute approximate surface area is 156 Å². The van der Waals surface area contributed by atoms with Gasteiger partial charge in [0.25, 0.3) is 0 Å². The van der Waals surface area contributed by atoms with Crippen molar-refractivity contribution in [2.75, 3.05) is 5.73 Å². The average molecular weight is 352 g/mol. The van der Waals surface area contributed by atoms with E-state index in [1.54, 1.807) is 12.1 Å². The zero-order valence-corrected chi connectivity index (χ0v) is 14.0. The van der Waals surface area contributed by atoms with E-state index in [0.717, 1.165) is 11.8 Å². The molecule has 2 aliphatic carbocycles. The summed E-state index contributed by atoms with van der Waals surface area (Å²) in [5, 5.41) is 14.9. The predicted octanol–water partition coefficient (Wildman–Crippen LogP) is 2.40. The van der Waals surface area contributed by atoms with Crippen molar-refractivity contribution in [3.05, 3.63) is 103 Å². The number of rotatable bonds is 2. The van der Waals surface area contributed by atoms with Crippen LogP contribution in [-0.4, -0.2) is 9.61 Å². The third kappa shape index (κ3) is 2.45. The number of nitriles is 1. The minimum Gasteiger partial charge on any atom is -0.427 e. The molecule has 6 nitrogen and oxygen atoms in total. The number of hydrogen-bond donors (Lipinski definition) is 1. The van der Waals surface area contributed by atoms with E-state index >= 15 is 0 Å². The molecule has 6 heteroatoms. The summed E-state index contributed by atoms with van der Waals surface area (Å²) >= 11 is 0. The van der Waals surface area contributed by atoms with Crippen LogP contribution in [0, 0.1) is 74.5 Å². The zero-order chi connectivity index (χ0) is 18.5. The largest absolute Gasteiger partial charge is 0.427 e. The van der Waals surface area contributed by atoms with Crippen molar-refractivity contribution in [3.8, 4) is 6.07 Å². The molecule has 10 radical (unpaired) electrons. The van der Waals surface area contributed by atoms with Gasteiger partial charge < -0.3 is 10.2 Å². The molecule has 3 aromatic heterocycles. The van der Waals surface area contributed by atoms with Gasteiger partial charge in [0.2, 0.25) is 0 Å². The summed E-state index contributed by atoms with van der Waals surface area (Å²) in [5.74, 6) is 2.23. The fraction of sp³-hybridized carbons (Fsp3) is 0. The first kappa shape index (κ1) is 16.4. The van der Waals surface area contributed by atoms with Crippen molar-refractivity contribution in [3.63, 3.8) is 0 Å². The number of nitrogens with zero attached hydrogens (tertiary/aromatic N) is 3. The number of hydrogen-bond acceptors (Lipinski definition) is 5. The SMILES string of the molecule is N#Cc1c2cc([C]3[CH][CH][CH][CH]3)oc(=O)c2c(N)n2nc([C]3[CH][CH][CH][CH]3)cc12. The average Bonchev–Trinajstić information content (AvgIpc) is 3.41. The Morgan fingerprint density at radius 3 is 2.37 bits per heavy atom. The number of nitrogens with two attached hydrogens (primary N) is 1. The van der Waals surface area contributed by atoms with Gasteiger partial charge in [0.1, 0.15) is 23.0 Å². The number of aromatic nitrogens is 2. The smallest absolute Gasteiger partial charge is 0.347 e. The Hall–Kier alpha value is -2.81. The monoisotopic (exact) mass is 352 g/mol. The molecule has 0 aliphatic heterocycles. The number of pyridine rings is 1. The summed E-state index contributed by atoms with van der Waals surface area (Å²) in [7, 11) is 0. The second-order valence-corrected chi connectivity index (χ2v) is 6.23. The zero-order valence-electron chi connectivity index (χ0n) is 14.0. The normalized spacial score (nSPS) is 18.6. The summed E-state index contributed by atoms with van der Waals surface area (Å²) in [5.41, 5.74) is 7.22. The lowest BCUT2D eigenvalue weighted by molar-refractivity contribution is 0.487. The second kappa shape index (κ2) is 6.12. The molecule has 0 aromatic carbocycles. The van der Waals surface area contributed by atoms with Gasteiger partial charge in [-0.05, 0) is 63.5 Å². The Morgan fingerprint density at radius 1 is 1.04 bits per heavy atom. The van der Waals surface area contributed by atoms with Crippen LogP contribution in [0.4, 0.5) is 5.82 Å². The Morgan fingerprint density at radius 2 is 1.70 bits per heavy atom. The van der Waals surface area contributed by atoms with E-state index in [9.17, 15) is 10.1 Å². The molecule has 3 aromatic rings. The standard InChI is InChI=1S/C21H12N4O2/c22-11-15-14-9-18(13-7-3-4-8-13)27-21(26)19(14)20(23)25-17(15)10-16(24-25)12-5-1-2-6-12/h1-10H,23H2. The van der Waals surface area contributed by atoms with Crippen molar-refractivity contribution < 1.29 is 4.42 Å². The first-order valence-corrected chi connectivity index (χ1v) is 8.30. The van der Waals surface area contributed by atoms with Gasteiger partial charge >= 0.3 is 5.63 Å². The van der Waals surface area contributed by atoms with Crippen molar-refractivity contribution >= 4 is 22.1 Å². The topological polar surface area (TPSA) is 97.3 Å². The molecule has 2 N–H and O–H groups in total. The fourth-order valence-electron chi connectivity index (χ4n) is 3.40. The van der Waals surface area contributed by atoms with Crippen molar-refractivity contribution in [1.82, 2.24) is 9.61 Å². The molecule has 0 unspecified atom stereocenters. The van der Waals surface area contributed by atoms with E-state index < -0.39 is 5.63 Å². The molecule has 0 atom stereocenters. The van der Waals surface area contributed by atoms with Crippen LogP contribution in [0.1, 0.15) is 17.0 Å². The van der Waals surface area contributed by atoms with Gasteiger partial charge in [0.15, 0.2) is 0 Å². The van der Waals surface area contributed by atoms with Gasteiger partial charge in [0, 0.05) is 17.2 Å². The maximum absolute atomic E-state index is 12.7. The molecule has 2 saturated carbocycles. The quantitative estimate of drug-likeness (QED) is 0.764. The van der Waals surface area contributed by atoms with E-state index in [1.165, 1.54) is 4.52 Å². The molecular formula is C21H12N4O2. The lowest BCUT2D eigenvalue weighted by atomic mass is 10.00. The van der Waals surface area contributed by atoms with E-state index in [4.69, 9.17) is 10.2 Å². The molecule has 128 valence electrons. The minimum atomic E-state index is -0.593. The summed E-state index contributed by atoms with van der Waals surface area (Å²) < 4.78 is 6.89. The molecule has 5 rings (SSSR count). The highest BCUT2D eigenvalue weighted by molar-refractivity contribution is 5.99. The van der Waals surface area contributed by atoms with Crippen molar-refractivity contribution in [1.29, 1.82) is 5.26 Å². The van der Waals surface area contributed by atoms with Gasteiger partial charge in [-0.1, -0.05) is 0 Å². The number of nitrogen functional groups attached to an aromatic ring is 1. The highest BCUT2D eigenvalue weighted by atomic mass is 16.4. The minimum absolute atomic E-state index is 0.152. The maximum atomic E-state index is 12.7. The summed E-state index contributed by atoms with van der Waals surface area (Å²) in [4.78, 5) is 12.7. The number of anilines is 1. The Bertz CT molecular complexity index is 1140. The second-order valence-electron chi connectivity index (χ2n) is 6.23. The van der Waals surface area contributed by atoms with Crippen LogP contribution >= 0.6 is 0 Å². The van der Waals surface area contributed by atoms with Gasteiger partial charge in [-0.15, -0.1) is 0 Å². The van der Waals surface area contributed by atoms with E-state index in [-0.39, 0.29) is 11.2 Å². The third-order valence-electron chi connectivity index (χ3n) is 4.69. The van der Waals surface area contributed by atoms with Crippen molar-refractivity contribution in [2.24, 2.45) is 0 Å². The van der Waals surface area contributed by atoms with Crippen LogP contribution in [-0.2, 0) is 0 Å². The maximum Gasteiger partial charge on any atom is 0.347 e. The highest BCUT2D eigenvalue weighted by Gasteiger charge is 2.27. The van der Waals surface area contributed by atoms with Crippen LogP contribution < -0.4 is 11.4 Å². The van der Waals surface area contributed by atoms with Crippen molar-refractivity contribution in [2.45, 2.75) is 0 Å². The molecule has 0 bridgehead atoms. The summed E-state index contributed by atoms with van der Waals surface area (Å²) in [6.07, 6.45) is 15.0. The van der Waals surface area contributed by atoms with Gasteiger partial charge in [0.05, 0.1) is 16.8 Å². The lowest BCUT2D eigenvalue weighted by Gasteiger charge is -2.11. The van der Waals surface area contributed by atoms with E-state index in [1.807, 2.05) is 51.4 Å². The molecule has 2 aliphatic rings. The Balaban J connectivity index is 1.80. The fourth-order valence-corrected chi connectivity index (χ4v) is 3.40. The molecule has 0 spiro atoms. The molecule has 2 fully saturated rings. The highest BCUT2D eigenvalue weighted by Crippen LogP contribution is 2.35. The molecule has 27 heavy (non-hydrogen) atoms. The van der Waals surface area contributed by atoms with Gasteiger partial charge in [-0.2, -0.15) is 10.4 Å².